The van der Waals surface area contributed by atoms with Gasteiger partial charge in [-0.25, -0.2) is 9.59 Å². The number of H-pyrrole nitrogens is 1. The normalized spacial score (nSPS) is 18.6. The number of fused-ring (bicyclic) bond motifs is 6. The zero-order valence-electron chi connectivity index (χ0n) is 41.3. The second kappa shape index (κ2) is 21.2. The number of ether oxygens (including phenoxy) is 6. The summed E-state index contributed by atoms with van der Waals surface area (Å²) >= 11 is 0. The van der Waals surface area contributed by atoms with Crippen molar-refractivity contribution in [2.75, 3.05) is 33.5 Å². The van der Waals surface area contributed by atoms with Crippen LogP contribution in [-0.2, 0) is 43.3 Å². The Morgan fingerprint density at radius 2 is 1.44 bits per heavy atom. The standard InChI is InChI=1S/C51H59N4O16P/c1-49(2,3)46(60)67-31-15-18-34-37(24-31)69-38-25-32(68-47(61)50(4,5)6)16-19-35(38)51(34)36-23-29(13-17-33(36)45(59)71-51)43(57)53-22-12-10-9-11-21-52-41(56)20-14-30-27-55(48(62)54-44(30)58)42-26-39(65-7)40(70-42)28-66-72(8,63)64/h13-20,23-25,27,39-40,42H,9-12,21-22,26,28H2,1-8H3,(H,52,56)(H,53,57)(H,63,64)(H,54,58,62)/b20-14+/t39-,40-,42-/m1/s1. The summed E-state index contributed by atoms with van der Waals surface area (Å²) in [5.41, 5.74) is -2.96. The topological polar surface area (TPSA) is 266 Å². The van der Waals surface area contributed by atoms with E-state index in [2.05, 4.69) is 15.6 Å². The van der Waals surface area contributed by atoms with Crippen LogP contribution in [0.25, 0.3) is 6.08 Å². The summed E-state index contributed by atoms with van der Waals surface area (Å²) in [6.45, 7) is 11.8. The number of benzene rings is 3. The van der Waals surface area contributed by atoms with Crippen molar-refractivity contribution in [2.45, 2.75) is 97.7 Å². The first-order valence-electron chi connectivity index (χ1n) is 23.4. The third-order valence-electron chi connectivity index (χ3n) is 12.0. The Balaban J connectivity index is 0.953. The van der Waals surface area contributed by atoms with Gasteiger partial charge in [0.1, 0.15) is 35.3 Å². The third kappa shape index (κ3) is 12.0. The van der Waals surface area contributed by atoms with Crippen LogP contribution in [0.1, 0.15) is 123 Å². The highest BCUT2D eigenvalue weighted by Crippen LogP contribution is 2.57. The van der Waals surface area contributed by atoms with Gasteiger partial charge in [0.15, 0.2) is 5.60 Å². The summed E-state index contributed by atoms with van der Waals surface area (Å²) in [6.07, 6.45) is 4.41. The lowest BCUT2D eigenvalue weighted by Gasteiger charge is -2.37. The van der Waals surface area contributed by atoms with Gasteiger partial charge in [0.25, 0.3) is 11.5 Å². The van der Waals surface area contributed by atoms with E-state index in [0.717, 1.165) is 24.1 Å². The number of nitrogens with one attached hydrogen (secondary N) is 3. The zero-order chi connectivity index (χ0) is 52.3. The van der Waals surface area contributed by atoms with Crippen LogP contribution < -0.4 is 36.1 Å². The fraction of sp³-hybridized carbons (Fsp3) is 0.431. The zero-order valence-corrected chi connectivity index (χ0v) is 42.2. The number of esters is 3. The summed E-state index contributed by atoms with van der Waals surface area (Å²) in [5.74, 6) is -1.65. The molecule has 0 radical (unpaired) electrons. The van der Waals surface area contributed by atoms with Gasteiger partial charge in [-0.05, 0) is 103 Å². The molecule has 21 heteroatoms. The van der Waals surface area contributed by atoms with E-state index in [4.69, 9.17) is 32.9 Å². The average molecular weight is 1020 g/mol. The Morgan fingerprint density at radius 3 is 2.01 bits per heavy atom. The third-order valence-corrected chi connectivity index (χ3v) is 12.7. The molecule has 7 rings (SSSR count). The van der Waals surface area contributed by atoms with Crippen molar-refractivity contribution in [3.63, 3.8) is 0 Å². The highest BCUT2D eigenvalue weighted by atomic mass is 31.2. The fourth-order valence-electron chi connectivity index (χ4n) is 8.13. The van der Waals surface area contributed by atoms with Gasteiger partial charge >= 0.3 is 31.2 Å². The lowest BCUT2D eigenvalue weighted by molar-refractivity contribution is -0.143. The molecule has 72 heavy (non-hydrogen) atoms. The Labute approximate surface area is 414 Å². The summed E-state index contributed by atoms with van der Waals surface area (Å²) < 4.78 is 53.1. The van der Waals surface area contributed by atoms with Crippen molar-refractivity contribution in [3.05, 3.63) is 121 Å². The molecule has 4 N–H and O–H groups in total. The van der Waals surface area contributed by atoms with E-state index in [-0.39, 0.29) is 58.6 Å². The van der Waals surface area contributed by atoms with Crippen LogP contribution in [0, 0.1) is 10.8 Å². The molecule has 1 fully saturated rings. The fourth-order valence-corrected chi connectivity index (χ4v) is 8.55. The van der Waals surface area contributed by atoms with Crippen LogP contribution in [0.5, 0.6) is 23.0 Å². The molecule has 4 heterocycles. The van der Waals surface area contributed by atoms with Crippen LogP contribution in [0.3, 0.4) is 0 Å². The molecule has 20 nitrogen and oxygen atoms in total. The minimum atomic E-state index is -3.79. The van der Waals surface area contributed by atoms with Crippen molar-refractivity contribution in [2.24, 2.45) is 10.8 Å². The maximum atomic E-state index is 13.7. The number of unbranched alkanes of at least 4 members (excludes halogenated alkanes) is 3. The first kappa shape index (κ1) is 53.1. The van der Waals surface area contributed by atoms with Gasteiger partial charge in [-0.1, -0.05) is 12.8 Å². The van der Waals surface area contributed by atoms with Crippen molar-refractivity contribution < 1.29 is 66.4 Å². The number of rotatable bonds is 17. The van der Waals surface area contributed by atoms with Gasteiger partial charge in [-0.15, -0.1) is 0 Å². The Bertz CT molecular complexity index is 2900. The van der Waals surface area contributed by atoms with Gasteiger partial charge < -0.3 is 48.5 Å². The van der Waals surface area contributed by atoms with Crippen LogP contribution in [0.4, 0.5) is 0 Å². The number of nitrogens with zero attached hydrogens (tertiary/aromatic N) is 1. The minimum absolute atomic E-state index is 0.0181. The molecular formula is C51H59N4O16P. The van der Waals surface area contributed by atoms with Gasteiger partial charge in [0.2, 0.25) is 5.91 Å². The molecule has 2 amide bonds. The molecule has 4 aromatic rings. The van der Waals surface area contributed by atoms with Crippen molar-refractivity contribution >= 4 is 43.4 Å². The number of carbonyl (C=O) groups is 5. The molecule has 3 aliphatic heterocycles. The van der Waals surface area contributed by atoms with Gasteiger partial charge in [0.05, 0.1) is 34.7 Å². The van der Waals surface area contributed by atoms with Gasteiger partial charge in [-0.3, -0.25) is 38.1 Å². The molecule has 384 valence electrons. The summed E-state index contributed by atoms with van der Waals surface area (Å²) in [6, 6.07) is 14.2. The van der Waals surface area contributed by atoms with Crippen LogP contribution in [-0.4, -0.2) is 89.8 Å². The average Bonchev–Trinajstić information content (AvgIpc) is 3.85. The summed E-state index contributed by atoms with van der Waals surface area (Å²) in [4.78, 5) is 103. The van der Waals surface area contributed by atoms with Gasteiger partial charge in [-0.2, -0.15) is 0 Å². The number of aromatic nitrogens is 2. The highest BCUT2D eigenvalue weighted by molar-refractivity contribution is 7.51. The maximum absolute atomic E-state index is 13.7. The molecule has 3 aromatic carbocycles. The highest BCUT2D eigenvalue weighted by Gasteiger charge is 2.54. The van der Waals surface area contributed by atoms with E-state index in [0.29, 0.717) is 42.6 Å². The molecule has 1 saturated heterocycles. The molecule has 3 aliphatic rings. The Morgan fingerprint density at radius 1 is 0.847 bits per heavy atom. The summed E-state index contributed by atoms with van der Waals surface area (Å²) in [7, 11) is -2.36. The van der Waals surface area contributed by atoms with Crippen LogP contribution >= 0.6 is 7.60 Å². The first-order chi connectivity index (χ1) is 33.9. The van der Waals surface area contributed by atoms with Crippen molar-refractivity contribution in [1.29, 1.82) is 0 Å². The van der Waals surface area contributed by atoms with E-state index in [1.165, 1.54) is 43.7 Å². The lowest BCUT2D eigenvalue weighted by Crippen LogP contribution is -2.33. The molecule has 1 spiro atoms. The van der Waals surface area contributed by atoms with E-state index in [9.17, 15) is 43.0 Å². The van der Waals surface area contributed by atoms with Gasteiger partial charge in [0, 0.05) is 79.9 Å². The van der Waals surface area contributed by atoms with E-state index in [1.54, 1.807) is 77.9 Å². The SMILES string of the molecule is CO[C@@H]1C[C@H](n2cc(/C=C/C(=O)NCCCCCCNC(=O)c3ccc4c(c3)C3(OC4=O)c4ccc(OC(=O)C(C)(C)C)cc4Oc4cc(OC(=O)C(C)(C)C)ccc43)c(=O)[nH]c2=O)O[C@@H]1COP(C)(=O)O. The Hall–Kier alpha value is -6.70. The predicted octanol–water partition coefficient (Wildman–Crippen LogP) is 6.26. The van der Waals surface area contributed by atoms with E-state index in [1.807, 2.05) is 0 Å². The Kier molecular flexibility index (Phi) is 15.6. The molecule has 1 aromatic heterocycles. The summed E-state index contributed by atoms with van der Waals surface area (Å²) in [5, 5.41) is 5.71. The second-order valence-corrected chi connectivity index (χ2v) is 21.7. The number of aromatic amines is 1. The molecule has 0 aliphatic carbocycles. The molecule has 0 saturated carbocycles. The van der Waals surface area contributed by atoms with Crippen molar-refractivity contribution in [1.82, 2.24) is 20.2 Å². The molecule has 4 atom stereocenters. The monoisotopic (exact) mass is 1010 g/mol. The second-order valence-electron chi connectivity index (χ2n) is 19.8. The quantitative estimate of drug-likeness (QED) is 0.0299. The smallest absolute Gasteiger partial charge is 0.340 e. The number of hydrogen-bond acceptors (Lipinski definition) is 15. The minimum Gasteiger partial charge on any atom is -0.456 e. The maximum Gasteiger partial charge on any atom is 0.340 e. The van der Waals surface area contributed by atoms with Crippen LogP contribution in [0.2, 0.25) is 0 Å². The van der Waals surface area contributed by atoms with E-state index < -0.39 is 77.5 Å². The largest absolute Gasteiger partial charge is 0.456 e. The molecular weight excluding hydrogens is 956 g/mol. The number of methoxy groups -OCH3 is 1. The first-order valence-corrected chi connectivity index (χ1v) is 25.4. The van der Waals surface area contributed by atoms with E-state index >= 15 is 0 Å². The molecule has 0 bridgehead atoms. The molecule has 1 unspecified atom stereocenters. The number of carbonyl (C=O) groups excluding carboxylic acids is 5. The van der Waals surface area contributed by atoms with Crippen molar-refractivity contribution in [3.8, 4) is 23.0 Å². The number of amides is 2. The predicted molar refractivity (Wildman–Crippen MR) is 260 cm³/mol. The van der Waals surface area contributed by atoms with Crippen LogP contribution in [0.15, 0.2) is 76.5 Å². The number of hydrogen-bond donors (Lipinski definition) is 4. The lowest BCUT2D eigenvalue weighted by atomic mass is 9.77.